The highest BCUT2D eigenvalue weighted by atomic mass is 16.5. The quantitative estimate of drug-likeness (QED) is 0.747. The maximum atomic E-state index is 5.17. The van der Waals surface area contributed by atoms with Crippen LogP contribution in [0.5, 0.6) is 5.75 Å². The van der Waals surface area contributed by atoms with Gasteiger partial charge >= 0.3 is 0 Å². The van der Waals surface area contributed by atoms with Crippen LogP contribution in [0.1, 0.15) is 5.69 Å². The zero-order valence-electron chi connectivity index (χ0n) is 8.77. The van der Waals surface area contributed by atoms with E-state index in [-0.39, 0.29) is 0 Å². The molecule has 2 rings (SSSR count). The first-order valence-corrected chi connectivity index (χ1v) is 4.73. The minimum atomic E-state index is 0.849. The van der Waals surface area contributed by atoms with E-state index in [9.17, 15) is 0 Å². The molecule has 0 aliphatic carbocycles. The monoisotopic (exact) mass is 200 g/mol. The van der Waals surface area contributed by atoms with Gasteiger partial charge < -0.3 is 4.74 Å². The van der Waals surface area contributed by atoms with Crippen LogP contribution in [0.3, 0.4) is 0 Å². The van der Waals surface area contributed by atoms with Gasteiger partial charge in [-0.15, -0.1) is 0 Å². The van der Waals surface area contributed by atoms with E-state index in [0.29, 0.717) is 0 Å². The van der Waals surface area contributed by atoms with Crippen LogP contribution in [0.4, 0.5) is 0 Å². The number of aromatic nitrogens is 2. The van der Waals surface area contributed by atoms with Crippen LogP contribution in [0.2, 0.25) is 0 Å². The molecular formula is C12H12N2O. The molecule has 2 aromatic rings. The molecule has 1 aromatic carbocycles. The number of ether oxygens (including phenoxy) is 1. The number of methoxy groups -OCH3 is 1. The molecule has 0 saturated carbocycles. The summed E-state index contributed by atoms with van der Waals surface area (Å²) in [4.78, 5) is 0. The molecule has 0 saturated heterocycles. The van der Waals surface area contributed by atoms with Gasteiger partial charge in [0, 0.05) is 5.56 Å². The van der Waals surface area contributed by atoms with Crippen molar-refractivity contribution in [1.29, 1.82) is 0 Å². The third-order valence-corrected chi connectivity index (χ3v) is 2.18. The third kappa shape index (κ3) is 2.13. The standard InChI is InChI=1S/C12H12N2O/c1-9-6-11(8-13-14-9)10-4-3-5-12(7-10)15-2/h3-8H,1-2H3. The molecule has 0 fully saturated rings. The molecule has 0 spiro atoms. The van der Waals surface area contributed by atoms with Crippen LogP contribution < -0.4 is 4.74 Å². The van der Waals surface area contributed by atoms with E-state index in [0.717, 1.165) is 22.6 Å². The molecule has 0 bridgehead atoms. The van der Waals surface area contributed by atoms with E-state index in [1.54, 1.807) is 13.3 Å². The first kappa shape index (κ1) is 9.65. The zero-order valence-corrected chi connectivity index (χ0v) is 8.77. The Kier molecular flexibility index (Phi) is 2.63. The summed E-state index contributed by atoms with van der Waals surface area (Å²) in [5.74, 6) is 0.849. The Morgan fingerprint density at radius 2 is 2.00 bits per heavy atom. The molecule has 0 unspecified atom stereocenters. The number of aryl methyl sites for hydroxylation is 1. The lowest BCUT2D eigenvalue weighted by Gasteiger charge is -2.04. The Labute approximate surface area is 88.7 Å². The van der Waals surface area contributed by atoms with Gasteiger partial charge in [0.2, 0.25) is 0 Å². The van der Waals surface area contributed by atoms with Crippen molar-refractivity contribution in [2.24, 2.45) is 0 Å². The Hall–Kier alpha value is -1.90. The summed E-state index contributed by atoms with van der Waals surface area (Å²) < 4.78 is 5.17. The second kappa shape index (κ2) is 4.09. The molecule has 0 amide bonds. The Bertz CT molecular complexity index is 469. The second-order valence-corrected chi connectivity index (χ2v) is 3.32. The van der Waals surface area contributed by atoms with Crippen molar-refractivity contribution >= 4 is 0 Å². The first-order valence-electron chi connectivity index (χ1n) is 4.73. The molecule has 0 aliphatic rings. The Morgan fingerprint density at radius 3 is 2.73 bits per heavy atom. The van der Waals surface area contributed by atoms with Gasteiger partial charge in [0.25, 0.3) is 0 Å². The van der Waals surface area contributed by atoms with Crippen LogP contribution in [0, 0.1) is 6.92 Å². The van der Waals surface area contributed by atoms with E-state index in [4.69, 9.17) is 4.74 Å². The lowest BCUT2D eigenvalue weighted by Crippen LogP contribution is -1.88. The predicted octanol–water partition coefficient (Wildman–Crippen LogP) is 2.46. The van der Waals surface area contributed by atoms with Crippen molar-refractivity contribution in [3.05, 3.63) is 42.2 Å². The molecule has 0 atom stereocenters. The summed E-state index contributed by atoms with van der Waals surface area (Å²) in [6.45, 7) is 1.93. The van der Waals surface area contributed by atoms with E-state index in [1.165, 1.54) is 0 Å². The Morgan fingerprint density at radius 1 is 1.13 bits per heavy atom. The first-order chi connectivity index (χ1) is 7.29. The average Bonchev–Trinajstić information content (AvgIpc) is 2.29. The lowest BCUT2D eigenvalue weighted by atomic mass is 10.1. The van der Waals surface area contributed by atoms with Crippen LogP contribution in [0.15, 0.2) is 36.5 Å². The third-order valence-electron chi connectivity index (χ3n) is 2.18. The van der Waals surface area contributed by atoms with Crippen molar-refractivity contribution in [1.82, 2.24) is 10.2 Å². The summed E-state index contributed by atoms with van der Waals surface area (Å²) >= 11 is 0. The summed E-state index contributed by atoms with van der Waals surface area (Å²) in [6.07, 6.45) is 1.75. The Balaban J connectivity index is 2.44. The minimum absolute atomic E-state index is 0.849. The summed E-state index contributed by atoms with van der Waals surface area (Å²) in [7, 11) is 1.66. The molecule has 0 aliphatic heterocycles. The summed E-state index contributed by atoms with van der Waals surface area (Å²) in [5, 5.41) is 7.85. The van der Waals surface area contributed by atoms with Gasteiger partial charge in [-0.25, -0.2) is 0 Å². The number of hydrogen-bond acceptors (Lipinski definition) is 3. The number of rotatable bonds is 2. The van der Waals surface area contributed by atoms with Gasteiger partial charge in [-0.1, -0.05) is 12.1 Å². The fourth-order valence-corrected chi connectivity index (χ4v) is 1.43. The highest BCUT2D eigenvalue weighted by Gasteiger charge is 2.00. The second-order valence-electron chi connectivity index (χ2n) is 3.32. The van der Waals surface area contributed by atoms with E-state index < -0.39 is 0 Å². The number of hydrogen-bond donors (Lipinski definition) is 0. The SMILES string of the molecule is COc1cccc(-c2cnnc(C)c2)c1. The van der Waals surface area contributed by atoms with Crippen molar-refractivity contribution in [3.8, 4) is 16.9 Å². The highest BCUT2D eigenvalue weighted by Crippen LogP contribution is 2.22. The molecule has 15 heavy (non-hydrogen) atoms. The molecule has 0 radical (unpaired) electrons. The van der Waals surface area contributed by atoms with Crippen LogP contribution in [0.25, 0.3) is 11.1 Å². The molecule has 76 valence electrons. The van der Waals surface area contributed by atoms with Gasteiger partial charge in [0.15, 0.2) is 0 Å². The van der Waals surface area contributed by atoms with Gasteiger partial charge in [-0.05, 0) is 30.7 Å². The highest BCUT2D eigenvalue weighted by molar-refractivity contribution is 5.64. The predicted molar refractivity (Wildman–Crippen MR) is 58.8 cm³/mol. The van der Waals surface area contributed by atoms with E-state index >= 15 is 0 Å². The fraction of sp³-hybridized carbons (Fsp3) is 0.167. The van der Waals surface area contributed by atoms with E-state index in [2.05, 4.69) is 10.2 Å². The van der Waals surface area contributed by atoms with Gasteiger partial charge in [-0.3, -0.25) is 0 Å². The van der Waals surface area contributed by atoms with Crippen molar-refractivity contribution in [2.45, 2.75) is 6.92 Å². The van der Waals surface area contributed by atoms with Gasteiger partial charge in [0.05, 0.1) is 19.0 Å². The average molecular weight is 200 g/mol. The lowest BCUT2D eigenvalue weighted by molar-refractivity contribution is 0.415. The van der Waals surface area contributed by atoms with Gasteiger partial charge in [0.1, 0.15) is 5.75 Å². The molecule has 1 heterocycles. The fourth-order valence-electron chi connectivity index (χ4n) is 1.43. The zero-order chi connectivity index (χ0) is 10.7. The summed E-state index contributed by atoms with van der Waals surface area (Å²) in [6, 6.07) is 9.89. The van der Waals surface area contributed by atoms with Crippen molar-refractivity contribution < 1.29 is 4.74 Å². The molecule has 1 aromatic heterocycles. The van der Waals surface area contributed by atoms with Crippen molar-refractivity contribution in [2.75, 3.05) is 7.11 Å². The largest absolute Gasteiger partial charge is 0.497 e. The normalized spacial score (nSPS) is 10.0. The molecule has 3 heteroatoms. The summed E-state index contributed by atoms with van der Waals surface area (Å²) in [5.41, 5.74) is 3.06. The molecule has 0 N–H and O–H groups in total. The number of benzene rings is 1. The molecular weight excluding hydrogens is 188 g/mol. The molecule has 3 nitrogen and oxygen atoms in total. The van der Waals surface area contributed by atoms with E-state index in [1.807, 2.05) is 37.3 Å². The van der Waals surface area contributed by atoms with Crippen LogP contribution in [-0.2, 0) is 0 Å². The smallest absolute Gasteiger partial charge is 0.119 e. The number of nitrogens with zero attached hydrogens (tertiary/aromatic N) is 2. The van der Waals surface area contributed by atoms with Crippen molar-refractivity contribution in [3.63, 3.8) is 0 Å². The van der Waals surface area contributed by atoms with Crippen LogP contribution in [-0.4, -0.2) is 17.3 Å². The maximum absolute atomic E-state index is 5.17. The maximum Gasteiger partial charge on any atom is 0.119 e. The topological polar surface area (TPSA) is 35.0 Å². The minimum Gasteiger partial charge on any atom is -0.497 e. The van der Waals surface area contributed by atoms with Gasteiger partial charge in [-0.2, -0.15) is 10.2 Å². The van der Waals surface area contributed by atoms with Crippen LogP contribution >= 0.6 is 0 Å².